The largest absolute Gasteiger partial charge is 0.351 e. The standard InChI is InChI=1S/C30H30F2N6O5S/c1-3-26(39)37(25-13-20(17-33)11-12-35-25)18-27(40)38(22-8-6-9-23(14-22)44(34,42)43)28(24-10-5-4-7-19(24)2)29(41)36-21-15-30(31,32)16-21/h4-14,21,28H,3,15-16,18H2,1-2H3,(H,36,41)(H2,34,42,43). The monoisotopic (exact) mass is 624 g/mol. The number of hydrogen-bond donors (Lipinski definition) is 2. The Kier molecular flexibility index (Phi) is 9.41. The van der Waals surface area contributed by atoms with E-state index in [2.05, 4.69) is 10.3 Å². The van der Waals surface area contributed by atoms with Gasteiger partial charge in [0.1, 0.15) is 18.4 Å². The first-order chi connectivity index (χ1) is 20.7. The second kappa shape index (κ2) is 12.9. The second-order valence-corrected chi connectivity index (χ2v) is 11.9. The molecule has 0 radical (unpaired) electrons. The predicted molar refractivity (Wildman–Crippen MR) is 157 cm³/mol. The zero-order valence-electron chi connectivity index (χ0n) is 23.9. The van der Waals surface area contributed by atoms with E-state index in [0.29, 0.717) is 11.1 Å². The first-order valence-electron chi connectivity index (χ1n) is 13.6. The van der Waals surface area contributed by atoms with Crippen LogP contribution in [0.1, 0.15) is 48.9 Å². The van der Waals surface area contributed by atoms with Gasteiger partial charge in [0.15, 0.2) is 0 Å². The molecule has 1 heterocycles. The molecule has 4 rings (SSSR count). The van der Waals surface area contributed by atoms with E-state index in [4.69, 9.17) is 5.14 Å². The van der Waals surface area contributed by atoms with Crippen LogP contribution in [0.25, 0.3) is 0 Å². The Morgan fingerprint density at radius 2 is 1.82 bits per heavy atom. The number of carbonyl (C=O) groups excluding carboxylic acids is 3. The molecule has 1 aliphatic rings. The van der Waals surface area contributed by atoms with Crippen molar-refractivity contribution in [3.05, 3.63) is 83.6 Å². The van der Waals surface area contributed by atoms with E-state index in [1.807, 2.05) is 6.07 Å². The molecule has 11 nitrogen and oxygen atoms in total. The molecule has 1 saturated carbocycles. The van der Waals surface area contributed by atoms with Crippen LogP contribution in [0.3, 0.4) is 0 Å². The van der Waals surface area contributed by atoms with E-state index in [-0.39, 0.29) is 28.4 Å². The number of aromatic nitrogens is 1. The van der Waals surface area contributed by atoms with E-state index in [9.17, 15) is 36.8 Å². The summed E-state index contributed by atoms with van der Waals surface area (Å²) in [6, 6.07) is 14.1. The smallest absolute Gasteiger partial charge is 0.252 e. The summed E-state index contributed by atoms with van der Waals surface area (Å²) >= 11 is 0. The van der Waals surface area contributed by atoms with Gasteiger partial charge in [0.05, 0.1) is 16.5 Å². The van der Waals surface area contributed by atoms with E-state index in [0.717, 1.165) is 15.9 Å². The van der Waals surface area contributed by atoms with Crippen LogP contribution in [0.15, 0.2) is 71.8 Å². The van der Waals surface area contributed by atoms with Crippen molar-refractivity contribution >= 4 is 39.3 Å². The van der Waals surface area contributed by atoms with Gasteiger partial charge in [-0.1, -0.05) is 37.3 Å². The van der Waals surface area contributed by atoms with E-state index >= 15 is 0 Å². The van der Waals surface area contributed by atoms with Gasteiger partial charge < -0.3 is 5.32 Å². The van der Waals surface area contributed by atoms with Gasteiger partial charge in [-0.05, 0) is 48.4 Å². The highest BCUT2D eigenvalue weighted by molar-refractivity contribution is 7.89. The van der Waals surface area contributed by atoms with Crippen LogP contribution >= 0.6 is 0 Å². The number of sulfonamides is 1. The fourth-order valence-electron chi connectivity index (χ4n) is 4.92. The highest BCUT2D eigenvalue weighted by atomic mass is 32.2. The molecule has 1 atom stereocenters. The Balaban J connectivity index is 1.86. The van der Waals surface area contributed by atoms with Gasteiger partial charge >= 0.3 is 0 Å². The van der Waals surface area contributed by atoms with Crippen molar-refractivity contribution in [1.82, 2.24) is 10.3 Å². The third-order valence-electron chi connectivity index (χ3n) is 7.17. The number of amides is 3. The molecule has 230 valence electrons. The van der Waals surface area contributed by atoms with Crippen molar-refractivity contribution in [3.8, 4) is 6.07 Å². The Bertz CT molecular complexity index is 1740. The lowest BCUT2D eigenvalue weighted by Gasteiger charge is -2.38. The van der Waals surface area contributed by atoms with Crippen LogP contribution in [0.5, 0.6) is 0 Å². The molecule has 0 spiro atoms. The minimum absolute atomic E-state index is 0.0103. The first kappa shape index (κ1) is 32.2. The number of nitrogens with one attached hydrogen (secondary N) is 1. The molecule has 0 aliphatic heterocycles. The molecular weight excluding hydrogens is 594 g/mol. The Labute approximate surface area is 253 Å². The van der Waals surface area contributed by atoms with Gasteiger partial charge in [-0.25, -0.2) is 27.3 Å². The van der Waals surface area contributed by atoms with Crippen molar-refractivity contribution in [3.63, 3.8) is 0 Å². The molecule has 0 saturated heterocycles. The minimum atomic E-state index is -4.25. The third kappa shape index (κ3) is 7.24. The summed E-state index contributed by atoms with van der Waals surface area (Å²) in [5.74, 6) is -5.05. The number of nitrogens with two attached hydrogens (primary N) is 1. The fraction of sp³-hybridized carbons (Fsp3) is 0.300. The van der Waals surface area contributed by atoms with E-state index in [1.54, 1.807) is 38.1 Å². The summed E-state index contributed by atoms with van der Waals surface area (Å²) in [6.45, 7) is 2.60. The SMILES string of the molecule is CCC(=O)N(CC(=O)N(c1cccc(S(N)(=O)=O)c1)C(C(=O)NC1CC(F)(F)C1)c1ccccc1C)c1cc(C#N)ccn1. The van der Waals surface area contributed by atoms with Gasteiger partial charge in [-0.2, -0.15) is 5.26 Å². The van der Waals surface area contributed by atoms with E-state index in [1.165, 1.54) is 36.5 Å². The van der Waals surface area contributed by atoms with Crippen molar-refractivity contribution < 1.29 is 31.6 Å². The highest BCUT2D eigenvalue weighted by Crippen LogP contribution is 2.38. The van der Waals surface area contributed by atoms with Crippen molar-refractivity contribution in [2.24, 2.45) is 5.14 Å². The number of pyridine rings is 1. The average Bonchev–Trinajstić information content (AvgIpc) is 2.97. The number of carbonyl (C=O) groups is 3. The van der Waals surface area contributed by atoms with Gasteiger partial charge in [-0.3, -0.25) is 24.2 Å². The van der Waals surface area contributed by atoms with E-state index < -0.39 is 65.1 Å². The van der Waals surface area contributed by atoms with Crippen LogP contribution < -0.4 is 20.3 Å². The number of primary sulfonamides is 1. The molecule has 1 aliphatic carbocycles. The lowest BCUT2D eigenvalue weighted by molar-refractivity contribution is -0.132. The number of rotatable bonds is 10. The summed E-state index contributed by atoms with van der Waals surface area (Å²) in [4.78, 5) is 47.2. The molecule has 1 fully saturated rings. The summed E-state index contributed by atoms with van der Waals surface area (Å²) in [5, 5.41) is 17.3. The lowest BCUT2D eigenvalue weighted by Crippen LogP contribution is -2.55. The normalized spacial score (nSPS) is 14.9. The zero-order chi connectivity index (χ0) is 32.2. The molecule has 44 heavy (non-hydrogen) atoms. The lowest BCUT2D eigenvalue weighted by atomic mass is 9.87. The highest BCUT2D eigenvalue weighted by Gasteiger charge is 2.47. The summed E-state index contributed by atoms with van der Waals surface area (Å²) in [5.41, 5.74) is 1.05. The van der Waals surface area contributed by atoms with Crippen molar-refractivity contribution in [2.75, 3.05) is 16.3 Å². The van der Waals surface area contributed by atoms with Gasteiger partial charge in [0.25, 0.3) is 5.92 Å². The number of aryl methyl sites for hydroxylation is 1. The first-order valence-corrected chi connectivity index (χ1v) is 15.1. The third-order valence-corrected chi connectivity index (χ3v) is 8.08. The van der Waals surface area contributed by atoms with Gasteiger partial charge in [0, 0.05) is 37.2 Å². The minimum Gasteiger partial charge on any atom is -0.351 e. The molecule has 2 aromatic carbocycles. The molecule has 3 N–H and O–H groups in total. The predicted octanol–water partition coefficient (Wildman–Crippen LogP) is 3.34. The number of benzene rings is 2. The van der Waals surface area contributed by atoms with Crippen molar-refractivity contribution in [1.29, 1.82) is 5.26 Å². The molecule has 14 heteroatoms. The summed E-state index contributed by atoms with van der Waals surface area (Å²) in [7, 11) is -4.25. The quantitative estimate of drug-likeness (QED) is 0.349. The number of anilines is 2. The molecule has 3 aromatic rings. The number of nitrogens with zero attached hydrogens (tertiary/aromatic N) is 4. The van der Waals surface area contributed by atoms with Crippen LogP contribution in [-0.4, -0.2) is 49.6 Å². The van der Waals surface area contributed by atoms with Crippen LogP contribution in [0.2, 0.25) is 0 Å². The molecule has 3 amide bonds. The maximum Gasteiger partial charge on any atom is 0.252 e. The van der Waals surface area contributed by atoms with Crippen molar-refractivity contribution in [2.45, 2.75) is 56.0 Å². The summed E-state index contributed by atoms with van der Waals surface area (Å²) < 4.78 is 51.8. The summed E-state index contributed by atoms with van der Waals surface area (Å²) in [6.07, 6.45) is 0.116. The van der Waals surface area contributed by atoms with Crippen LogP contribution in [0, 0.1) is 18.3 Å². The molecular formula is C30H30F2N6O5S. The number of alkyl halides is 2. The van der Waals surface area contributed by atoms with Crippen LogP contribution in [-0.2, 0) is 24.4 Å². The average molecular weight is 625 g/mol. The Morgan fingerprint density at radius 1 is 1.11 bits per heavy atom. The number of halogens is 2. The fourth-order valence-corrected chi connectivity index (χ4v) is 5.47. The maximum atomic E-state index is 14.3. The zero-order valence-corrected chi connectivity index (χ0v) is 24.7. The molecule has 1 unspecified atom stereocenters. The number of hydrogen-bond acceptors (Lipinski definition) is 7. The molecule has 1 aromatic heterocycles. The number of nitriles is 1. The molecule has 0 bridgehead atoms. The second-order valence-electron chi connectivity index (χ2n) is 10.4. The Hall–Kier alpha value is -4.74. The van der Waals surface area contributed by atoms with Crippen LogP contribution in [0.4, 0.5) is 20.3 Å². The Morgan fingerprint density at radius 3 is 2.43 bits per heavy atom. The maximum absolute atomic E-state index is 14.3. The van der Waals surface area contributed by atoms with Gasteiger partial charge in [0.2, 0.25) is 27.7 Å². The topological polar surface area (TPSA) is 167 Å². The van der Waals surface area contributed by atoms with Gasteiger partial charge in [-0.15, -0.1) is 0 Å².